The first-order valence-electron chi connectivity index (χ1n) is 11.6. The summed E-state index contributed by atoms with van der Waals surface area (Å²) in [7, 11) is -4.08. The van der Waals surface area contributed by atoms with Gasteiger partial charge >= 0.3 is 10.3 Å². The lowest BCUT2D eigenvalue weighted by Gasteiger charge is -2.26. The van der Waals surface area contributed by atoms with Gasteiger partial charge in [-0.2, -0.15) is 8.42 Å². The van der Waals surface area contributed by atoms with Gasteiger partial charge in [0.25, 0.3) is 0 Å². The molecule has 3 heterocycles. The summed E-state index contributed by atoms with van der Waals surface area (Å²) in [6, 6.07) is 10.1. The van der Waals surface area contributed by atoms with E-state index < -0.39 is 22.3 Å². The van der Waals surface area contributed by atoms with Crippen LogP contribution in [0.3, 0.4) is 0 Å². The number of anilines is 1. The third-order valence-corrected chi connectivity index (χ3v) is 8.10. The third kappa shape index (κ3) is 5.48. The topological polar surface area (TPSA) is 157 Å². The molecule has 3 aromatic rings. The number of thiophene rings is 1. The number of nitrogens with one attached hydrogen (secondary N) is 2. The standard InChI is InChI=1S/C24H27N5O5S2/c25-36(32,33)34-11-15-7-17(9-20(15)30)29-24-19(10-26-13-28-24)23(31)21-8-16(12-35-21)22-18-4-2-1-3-14(18)5-6-27-22/h1-4,8,10,12-13,15,17,20,22,27,30H,5-7,9,11H2,(H2,25,32,33)(H,26,28,29)/t15-,17-,20+,22-/m1/s1. The van der Waals surface area contributed by atoms with E-state index in [4.69, 9.17) is 5.14 Å². The zero-order chi connectivity index (χ0) is 25.3. The molecule has 190 valence electrons. The Labute approximate surface area is 213 Å². The predicted octanol–water partition coefficient (Wildman–Crippen LogP) is 1.78. The molecule has 1 saturated carbocycles. The highest BCUT2D eigenvalue weighted by molar-refractivity contribution is 7.84. The summed E-state index contributed by atoms with van der Waals surface area (Å²) in [4.78, 5) is 22.3. The molecule has 0 saturated heterocycles. The number of carbonyl (C=O) groups excluding carboxylic acids is 1. The van der Waals surface area contributed by atoms with E-state index in [1.807, 2.05) is 23.6 Å². The maximum absolute atomic E-state index is 13.4. The number of benzene rings is 1. The average Bonchev–Trinajstić information content (AvgIpc) is 3.48. The monoisotopic (exact) mass is 529 g/mol. The second-order valence-corrected chi connectivity index (χ2v) is 11.2. The molecular weight excluding hydrogens is 502 g/mol. The number of hydrogen-bond acceptors (Lipinski definition) is 10. The van der Waals surface area contributed by atoms with Gasteiger partial charge in [0, 0.05) is 24.7 Å². The van der Waals surface area contributed by atoms with E-state index in [2.05, 4.69) is 36.9 Å². The smallest absolute Gasteiger partial charge is 0.333 e. The fraction of sp³-hybridized carbons (Fsp3) is 0.375. The molecule has 1 aromatic carbocycles. The van der Waals surface area contributed by atoms with E-state index in [-0.39, 0.29) is 24.5 Å². The molecule has 0 spiro atoms. The summed E-state index contributed by atoms with van der Waals surface area (Å²) in [5.74, 6) is -0.227. The summed E-state index contributed by atoms with van der Waals surface area (Å²) < 4.78 is 26.8. The zero-order valence-corrected chi connectivity index (χ0v) is 21.0. The molecule has 5 N–H and O–H groups in total. The van der Waals surface area contributed by atoms with Gasteiger partial charge < -0.3 is 15.7 Å². The van der Waals surface area contributed by atoms with Crippen LogP contribution in [0.2, 0.25) is 0 Å². The number of rotatable bonds is 8. The largest absolute Gasteiger partial charge is 0.393 e. The molecule has 36 heavy (non-hydrogen) atoms. The van der Waals surface area contributed by atoms with Crippen LogP contribution in [0.5, 0.6) is 0 Å². The van der Waals surface area contributed by atoms with E-state index in [1.165, 1.54) is 35.0 Å². The molecule has 1 aliphatic carbocycles. The number of aromatic nitrogens is 2. The van der Waals surface area contributed by atoms with Gasteiger partial charge in [0.05, 0.1) is 29.2 Å². The highest BCUT2D eigenvalue weighted by atomic mass is 32.2. The highest BCUT2D eigenvalue weighted by Crippen LogP contribution is 2.33. The van der Waals surface area contributed by atoms with Crippen molar-refractivity contribution in [3.8, 4) is 0 Å². The van der Waals surface area contributed by atoms with Crippen molar-refractivity contribution >= 4 is 33.2 Å². The second-order valence-electron chi connectivity index (χ2n) is 9.11. The summed E-state index contributed by atoms with van der Waals surface area (Å²) in [5, 5.41) is 24.0. The molecule has 1 fully saturated rings. The van der Waals surface area contributed by atoms with Crippen molar-refractivity contribution in [1.82, 2.24) is 15.3 Å². The molecule has 0 bridgehead atoms. The Morgan fingerprint density at radius 3 is 2.97 bits per heavy atom. The number of fused-ring (bicyclic) bond motifs is 1. The lowest BCUT2D eigenvalue weighted by Crippen LogP contribution is -2.30. The first kappa shape index (κ1) is 24.9. The third-order valence-electron chi connectivity index (χ3n) is 6.69. The van der Waals surface area contributed by atoms with Crippen molar-refractivity contribution in [3.63, 3.8) is 0 Å². The lowest BCUT2D eigenvalue weighted by atomic mass is 9.91. The van der Waals surface area contributed by atoms with E-state index in [9.17, 15) is 18.3 Å². The number of aliphatic hydroxyl groups is 1. The Hall–Kier alpha value is -2.74. The molecule has 12 heteroatoms. The van der Waals surface area contributed by atoms with Crippen LogP contribution in [-0.4, -0.2) is 54.6 Å². The van der Waals surface area contributed by atoms with Crippen molar-refractivity contribution in [2.24, 2.45) is 11.1 Å². The Morgan fingerprint density at radius 2 is 2.14 bits per heavy atom. The van der Waals surface area contributed by atoms with Crippen LogP contribution < -0.4 is 15.8 Å². The molecule has 0 radical (unpaired) electrons. The van der Waals surface area contributed by atoms with Gasteiger partial charge in [0.1, 0.15) is 12.1 Å². The number of carbonyl (C=O) groups is 1. The van der Waals surface area contributed by atoms with Crippen molar-refractivity contribution in [2.75, 3.05) is 18.5 Å². The van der Waals surface area contributed by atoms with Crippen LogP contribution in [0.15, 0.2) is 48.2 Å². The van der Waals surface area contributed by atoms with Gasteiger partial charge in [-0.15, -0.1) is 11.3 Å². The van der Waals surface area contributed by atoms with Crippen LogP contribution in [0.4, 0.5) is 5.82 Å². The normalized spacial score (nSPS) is 23.8. The minimum absolute atomic E-state index is 0.0360. The van der Waals surface area contributed by atoms with Crippen LogP contribution in [0.1, 0.15) is 50.8 Å². The Bertz CT molecular complexity index is 1360. The molecule has 1 aliphatic heterocycles. The molecule has 4 atom stereocenters. The maximum Gasteiger partial charge on any atom is 0.333 e. The first-order valence-corrected chi connectivity index (χ1v) is 14.0. The van der Waals surface area contributed by atoms with Crippen LogP contribution in [0, 0.1) is 5.92 Å². The van der Waals surface area contributed by atoms with Crippen LogP contribution >= 0.6 is 11.3 Å². The van der Waals surface area contributed by atoms with Gasteiger partial charge in [0.2, 0.25) is 5.78 Å². The van der Waals surface area contributed by atoms with Crippen molar-refractivity contribution in [3.05, 3.63) is 75.4 Å². The highest BCUT2D eigenvalue weighted by Gasteiger charge is 2.35. The fourth-order valence-corrected chi connectivity index (χ4v) is 6.19. The summed E-state index contributed by atoms with van der Waals surface area (Å²) in [5.41, 5.74) is 3.92. The minimum Gasteiger partial charge on any atom is -0.393 e. The second kappa shape index (κ2) is 10.3. The number of aliphatic hydroxyl groups excluding tert-OH is 1. The molecule has 0 unspecified atom stereocenters. The molecule has 10 nitrogen and oxygen atoms in total. The Kier molecular flexibility index (Phi) is 7.15. The van der Waals surface area contributed by atoms with Crippen LogP contribution in [0.25, 0.3) is 0 Å². The summed E-state index contributed by atoms with van der Waals surface area (Å²) >= 11 is 1.38. The SMILES string of the molecule is NS(=O)(=O)OC[C@H]1C[C@@H](Nc2ncncc2C(=O)c2cc([C@H]3NCCc4ccccc43)cs2)C[C@@H]1O. The quantitative estimate of drug-likeness (QED) is 0.319. The Balaban J connectivity index is 1.31. The van der Waals surface area contributed by atoms with Gasteiger partial charge in [-0.25, -0.2) is 15.1 Å². The minimum atomic E-state index is -4.08. The maximum atomic E-state index is 13.4. The van der Waals surface area contributed by atoms with Gasteiger partial charge in [0.15, 0.2) is 0 Å². The van der Waals surface area contributed by atoms with E-state index >= 15 is 0 Å². The molecule has 5 rings (SSSR count). The zero-order valence-electron chi connectivity index (χ0n) is 19.3. The van der Waals surface area contributed by atoms with Gasteiger partial charge in [-0.1, -0.05) is 24.3 Å². The van der Waals surface area contributed by atoms with E-state index in [1.54, 1.807) is 0 Å². The van der Waals surface area contributed by atoms with Gasteiger partial charge in [-0.3, -0.25) is 8.98 Å². The molecule has 0 amide bonds. The molecule has 2 aliphatic rings. The van der Waals surface area contributed by atoms with E-state index in [0.717, 1.165) is 18.5 Å². The van der Waals surface area contributed by atoms with Crippen LogP contribution in [-0.2, 0) is 20.9 Å². The fourth-order valence-electron chi connectivity index (χ4n) is 4.94. The predicted molar refractivity (Wildman–Crippen MR) is 135 cm³/mol. The summed E-state index contributed by atoms with van der Waals surface area (Å²) in [6.45, 7) is 0.669. The lowest BCUT2D eigenvalue weighted by molar-refractivity contribution is 0.101. The first-order chi connectivity index (χ1) is 17.3. The molecule has 2 aromatic heterocycles. The van der Waals surface area contributed by atoms with Crippen molar-refractivity contribution in [2.45, 2.75) is 37.5 Å². The number of nitrogens with zero attached hydrogens (tertiary/aromatic N) is 2. The summed E-state index contributed by atoms with van der Waals surface area (Å²) in [6.07, 6.45) is 3.84. The van der Waals surface area contributed by atoms with Crippen molar-refractivity contribution in [1.29, 1.82) is 0 Å². The van der Waals surface area contributed by atoms with Gasteiger partial charge in [-0.05, 0) is 47.4 Å². The average molecular weight is 530 g/mol. The van der Waals surface area contributed by atoms with Crippen molar-refractivity contribution < 1.29 is 22.5 Å². The Morgan fingerprint density at radius 1 is 1.31 bits per heavy atom. The number of ketones is 1. The number of hydrogen-bond donors (Lipinski definition) is 4. The molecular formula is C24H27N5O5S2. The number of nitrogens with two attached hydrogens (primary N) is 1. The van der Waals surface area contributed by atoms with E-state index in [0.29, 0.717) is 29.1 Å².